The van der Waals surface area contributed by atoms with E-state index in [9.17, 15) is 9.59 Å². The van der Waals surface area contributed by atoms with Crippen molar-refractivity contribution in [3.63, 3.8) is 0 Å². The highest BCUT2D eigenvalue weighted by Gasteiger charge is 2.32. The molecule has 1 N–H and O–H groups in total. The minimum Gasteiger partial charge on any atom is -0.378 e. The van der Waals surface area contributed by atoms with E-state index in [1.165, 1.54) is 0 Å². The van der Waals surface area contributed by atoms with Gasteiger partial charge in [0, 0.05) is 43.8 Å². The highest BCUT2D eigenvalue weighted by atomic mass is 16.5. The van der Waals surface area contributed by atoms with Gasteiger partial charge in [-0.1, -0.05) is 12.1 Å². The number of hydrogen-bond acceptors (Lipinski definition) is 4. The van der Waals surface area contributed by atoms with Crippen LogP contribution in [0.5, 0.6) is 0 Å². The Morgan fingerprint density at radius 3 is 2.35 bits per heavy atom. The number of rotatable bonds is 4. The van der Waals surface area contributed by atoms with Gasteiger partial charge < -0.3 is 19.9 Å². The number of hydrogen-bond donors (Lipinski definition) is 1. The van der Waals surface area contributed by atoms with Crippen LogP contribution < -0.4 is 10.2 Å². The summed E-state index contributed by atoms with van der Waals surface area (Å²) in [5.41, 5.74) is 1.78. The third-order valence-corrected chi connectivity index (χ3v) is 5.56. The fourth-order valence-electron chi connectivity index (χ4n) is 3.80. The first-order chi connectivity index (χ1) is 12.7. The Bertz CT molecular complexity index is 660. The number of nitrogens with one attached hydrogen (secondary N) is 1. The second-order valence-electron chi connectivity index (χ2n) is 7.47. The van der Waals surface area contributed by atoms with Gasteiger partial charge in [0.05, 0.1) is 18.8 Å². The average molecular weight is 357 g/mol. The van der Waals surface area contributed by atoms with Crippen LogP contribution in [0, 0.1) is 5.92 Å². The molecule has 2 amide bonds. The number of anilines is 1. The Kier molecular flexibility index (Phi) is 5.11. The molecule has 6 nitrogen and oxygen atoms in total. The highest BCUT2D eigenvalue weighted by Crippen LogP contribution is 2.30. The summed E-state index contributed by atoms with van der Waals surface area (Å²) in [7, 11) is 0. The molecule has 0 atom stereocenters. The summed E-state index contributed by atoms with van der Waals surface area (Å²) < 4.78 is 5.36. The van der Waals surface area contributed by atoms with E-state index in [2.05, 4.69) is 10.2 Å². The maximum atomic E-state index is 12.9. The molecular formula is C20H27N3O3. The number of carbonyl (C=O) groups is 2. The van der Waals surface area contributed by atoms with Crippen molar-refractivity contribution in [3.05, 3.63) is 29.8 Å². The van der Waals surface area contributed by atoms with Gasteiger partial charge in [0.2, 0.25) is 5.91 Å². The van der Waals surface area contributed by atoms with E-state index in [1.54, 1.807) is 0 Å². The number of carbonyl (C=O) groups excluding carboxylic acids is 2. The smallest absolute Gasteiger partial charge is 0.256 e. The number of nitrogens with zero attached hydrogens (tertiary/aromatic N) is 2. The highest BCUT2D eigenvalue weighted by molar-refractivity contribution is 6.00. The van der Waals surface area contributed by atoms with Crippen molar-refractivity contribution in [3.8, 4) is 0 Å². The first-order valence-electron chi connectivity index (χ1n) is 9.74. The lowest BCUT2D eigenvalue weighted by Gasteiger charge is -2.36. The molecule has 1 aliphatic carbocycles. The van der Waals surface area contributed by atoms with E-state index in [4.69, 9.17) is 4.74 Å². The lowest BCUT2D eigenvalue weighted by atomic mass is 10.0. The second-order valence-corrected chi connectivity index (χ2v) is 7.47. The van der Waals surface area contributed by atoms with Crippen molar-refractivity contribution >= 4 is 17.5 Å². The maximum Gasteiger partial charge on any atom is 0.256 e. The summed E-state index contributed by atoms with van der Waals surface area (Å²) in [6.45, 7) is 4.26. The zero-order valence-electron chi connectivity index (χ0n) is 15.2. The lowest BCUT2D eigenvalue weighted by Crippen LogP contribution is -2.46. The van der Waals surface area contributed by atoms with Gasteiger partial charge in [0.25, 0.3) is 5.91 Å². The Balaban J connectivity index is 1.40. The number of benzene rings is 1. The molecule has 1 aromatic carbocycles. The summed E-state index contributed by atoms with van der Waals surface area (Å²) in [5.74, 6) is 0.583. The summed E-state index contributed by atoms with van der Waals surface area (Å²) in [6, 6.07) is 8.15. The molecule has 4 rings (SSSR count). The molecule has 0 aromatic heterocycles. The number of morpholine rings is 1. The summed E-state index contributed by atoms with van der Waals surface area (Å²) in [5, 5.41) is 3.19. The molecule has 140 valence electrons. The van der Waals surface area contributed by atoms with Gasteiger partial charge in [-0.3, -0.25) is 9.59 Å². The standard InChI is InChI=1S/C20H27N3O3/c24-19(15-5-6-15)21-16-7-9-22(10-8-16)18-4-2-1-3-17(18)20(25)23-11-13-26-14-12-23/h1-4,15-16H,5-14H2,(H,21,24). The molecule has 0 bridgehead atoms. The average Bonchev–Trinajstić information content (AvgIpc) is 3.54. The molecule has 0 spiro atoms. The van der Waals surface area contributed by atoms with E-state index in [0.717, 1.165) is 50.0 Å². The van der Waals surface area contributed by atoms with Crippen molar-refractivity contribution in [1.29, 1.82) is 0 Å². The van der Waals surface area contributed by atoms with Crippen LogP contribution in [0.2, 0.25) is 0 Å². The Morgan fingerprint density at radius 1 is 0.962 bits per heavy atom. The van der Waals surface area contributed by atoms with Gasteiger partial charge in [-0.15, -0.1) is 0 Å². The molecule has 2 aliphatic heterocycles. The van der Waals surface area contributed by atoms with E-state index >= 15 is 0 Å². The van der Waals surface area contributed by atoms with E-state index in [1.807, 2.05) is 29.2 Å². The van der Waals surface area contributed by atoms with E-state index in [-0.39, 0.29) is 23.8 Å². The van der Waals surface area contributed by atoms with Crippen molar-refractivity contribution < 1.29 is 14.3 Å². The third kappa shape index (κ3) is 3.85. The minimum absolute atomic E-state index is 0.0908. The zero-order chi connectivity index (χ0) is 17.9. The van der Waals surface area contributed by atoms with Crippen LogP contribution >= 0.6 is 0 Å². The number of ether oxygens (including phenoxy) is 1. The van der Waals surface area contributed by atoms with E-state index < -0.39 is 0 Å². The molecule has 3 fully saturated rings. The summed E-state index contributed by atoms with van der Waals surface area (Å²) in [4.78, 5) is 29.1. The molecule has 2 heterocycles. The number of para-hydroxylation sites is 1. The van der Waals surface area contributed by atoms with Crippen LogP contribution in [-0.4, -0.2) is 62.1 Å². The molecule has 0 unspecified atom stereocenters. The normalized spacial score (nSPS) is 21.5. The maximum absolute atomic E-state index is 12.9. The van der Waals surface area contributed by atoms with Crippen LogP contribution in [-0.2, 0) is 9.53 Å². The number of piperidine rings is 1. The molecule has 2 saturated heterocycles. The molecule has 26 heavy (non-hydrogen) atoms. The van der Waals surface area contributed by atoms with Crippen molar-refractivity contribution in [2.45, 2.75) is 31.7 Å². The molecule has 1 aromatic rings. The summed E-state index contributed by atoms with van der Waals surface area (Å²) >= 11 is 0. The molecular weight excluding hydrogens is 330 g/mol. The number of amides is 2. The molecule has 3 aliphatic rings. The fraction of sp³-hybridized carbons (Fsp3) is 0.600. The first-order valence-corrected chi connectivity index (χ1v) is 9.74. The fourth-order valence-corrected chi connectivity index (χ4v) is 3.80. The predicted octanol–water partition coefficient (Wildman–Crippen LogP) is 1.65. The lowest BCUT2D eigenvalue weighted by molar-refractivity contribution is -0.123. The first kappa shape index (κ1) is 17.3. The van der Waals surface area contributed by atoms with Crippen LogP contribution in [0.3, 0.4) is 0 Å². The van der Waals surface area contributed by atoms with Gasteiger partial charge in [-0.05, 0) is 37.8 Å². The topological polar surface area (TPSA) is 61.9 Å². The van der Waals surface area contributed by atoms with Gasteiger partial charge >= 0.3 is 0 Å². The Morgan fingerprint density at radius 2 is 1.65 bits per heavy atom. The predicted molar refractivity (Wildman–Crippen MR) is 99.3 cm³/mol. The van der Waals surface area contributed by atoms with Gasteiger partial charge in [-0.2, -0.15) is 0 Å². The second kappa shape index (κ2) is 7.66. The SMILES string of the molecule is O=C(NC1CCN(c2ccccc2C(=O)N2CCOCC2)CC1)C1CC1. The van der Waals surface area contributed by atoms with Gasteiger partial charge in [-0.25, -0.2) is 0 Å². The summed E-state index contributed by atoms with van der Waals surface area (Å²) in [6.07, 6.45) is 3.94. The molecule has 6 heteroatoms. The minimum atomic E-state index is 0.0908. The van der Waals surface area contributed by atoms with Crippen LogP contribution in [0.15, 0.2) is 24.3 Å². The Labute approximate surface area is 154 Å². The zero-order valence-corrected chi connectivity index (χ0v) is 15.2. The third-order valence-electron chi connectivity index (χ3n) is 5.56. The largest absolute Gasteiger partial charge is 0.378 e. The van der Waals surface area contributed by atoms with Crippen molar-refractivity contribution in [2.24, 2.45) is 5.92 Å². The van der Waals surface area contributed by atoms with Crippen molar-refractivity contribution in [1.82, 2.24) is 10.2 Å². The van der Waals surface area contributed by atoms with Gasteiger partial charge in [0.15, 0.2) is 0 Å². The Hall–Kier alpha value is -2.08. The van der Waals surface area contributed by atoms with Crippen LogP contribution in [0.4, 0.5) is 5.69 Å². The van der Waals surface area contributed by atoms with Gasteiger partial charge in [0.1, 0.15) is 0 Å². The van der Waals surface area contributed by atoms with Crippen LogP contribution in [0.1, 0.15) is 36.0 Å². The molecule has 0 radical (unpaired) electrons. The monoisotopic (exact) mass is 357 g/mol. The van der Waals surface area contributed by atoms with Crippen molar-refractivity contribution in [2.75, 3.05) is 44.3 Å². The molecule has 1 saturated carbocycles. The van der Waals surface area contributed by atoms with Crippen LogP contribution in [0.25, 0.3) is 0 Å². The van der Waals surface area contributed by atoms with E-state index in [0.29, 0.717) is 26.3 Å². The quantitative estimate of drug-likeness (QED) is 0.890.